The van der Waals surface area contributed by atoms with Crippen molar-refractivity contribution in [2.45, 2.75) is 18.2 Å². The van der Waals surface area contributed by atoms with Gasteiger partial charge in [0, 0.05) is 5.69 Å². The fraction of sp³-hybridized carbons (Fsp3) is 0.143. The van der Waals surface area contributed by atoms with Gasteiger partial charge in [-0.3, -0.25) is 4.72 Å². The molecule has 112 valence electrons. The number of aryl methyl sites for hydroxylation is 1. The van der Waals surface area contributed by atoms with Gasteiger partial charge < -0.3 is 5.73 Å². The fourth-order valence-electron chi connectivity index (χ4n) is 1.85. The zero-order valence-corrected chi connectivity index (χ0v) is 12.8. The molecule has 0 saturated heterocycles. The van der Waals surface area contributed by atoms with Gasteiger partial charge in [-0.1, -0.05) is 30.7 Å². The van der Waals surface area contributed by atoms with Crippen LogP contribution in [-0.2, 0) is 16.4 Å². The maximum Gasteiger partial charge on any atom is 0.262 e. The highest BCUT2D eigenvalue weighted by Gasteiger charge is 2.18. The molecule has 2 rings (SSSR count). The van der Waals surface area contributed by atoms with Crippen LogP contribution in [0.3, 0.4) is 0 Å². The van der Waals surface area contributed by atoms with E-state index in [1.165, 1.54) is 30.3 Å². The highest BCUT2D eigenvalue weighted by molar-refractivity contribution is 7.92. The van der Waals surface area contributed by atoms with E-state index in [-0.39, 0.29) is 15.6 Å². The van der Waals surface area contributed by atoms with Crippen LogP contribution in [0.2, 0.25) is 5.02 Å². The molecule has 0 heterocycles. The molecule has 21 heavy (non-hydrogen) atoms. The molecule has 4 nitrogen and oxygen atoms in total. The van der Waals surface area contributed by atoms with Crippen LogP contribution in [0.4, 0.5) is 15.8 Å². The van der Waals surface area contributed by atoms with Crippen LogP contribution >= 0.6 is 11.6 Å². The lowest BCUT2D eigenvalue weighted by molar-refractivity contribution is 0.598. The number of nitrogens with one attached hydrogen (secondary N) is 1. The molecule has 3 N–H and O–H groups in total. The van der Waals surface area contributed by atoms with Crippen molar-refractivity contribution in [3.63, 3.8) is 0 Å². The SMILES string of the molecule is CCc1ccc(S(=O)(=O)Nc2cccc(Cl)c2F)cc1N. The predicted octanol–water partition coefficient (Wildman–Crippen LogP) is 3.42. The molecule has 0 aromatic heterocycles. The Labute approximate surface area is 127 Å². The van der Waals surface area contributed by atoms with E-state index in [2.05, 4.69) is 4.72 Å². The van der Waals surface area contributed by atoms with Crippen LogP contribution in [0, 0.1) is 5.82 Å². The molecule has 0 aliphatic heterocycles. The van der Waals surface area contributed by atoms with Gasteiger partial charge in [-0.2, -0.15) is 0 Å². The summed E-state index contributed by atoms with van der Waals surface area (Å²) < 4.78 is 40.4. The number of hydrogen-bond donors (Lipinski definition) is 2. The Morgan fingerprint density at radius 1 is 1.29 bits per heavy atom. The van der Waals surface area contributed by atoms with E-state index < -0.39 is 15.8 Å². The van der Waals surface area contributed by atoms with Gasteiger partial charge in [0.2, 0.25) is 0 Å². The molecule has 7 heteroatoms. The summed E-state index contributed by atoms with van der Waals surface area (Å²) >= 11 is 5.62. The van der Waals surface area contributed by atoms with Crippen molar-refractivity contribution in [3.8, 4) is 0 Å². The van der Waals surface area contributed by atoms with Crippen molar-refractivity contribution in [2.75, 3.05) is 10.5 Å². The monoisotopic (exact) mass is 328 g/mol. The number of benzene rings is 2. The average molecular weight is 329 g/mol. The van der Waals surface area contributed by atoms with Gasteiger partial charge in [0.25, 0.3) is 10.0 Å². The number of rotatable bonds is 4. The van der Waals surface area contributed by atoms with E-state index in [9.17, 15) is 12.8 Å². The fourth-order valence-corrected chi connectivity index (χ4v) is 3.12. The predicted molar refractivity (Wildman–Crippen MR) is 82.5 cm³/mol. The van der Waals surface area contributed by atoms with Gasteiger partial charge in [0.1, 0.15) is 0 Å². The lowest BCUT2D eigenvalue weighted by Crippen LogP contribution is -2.14. The molecule has 0 saturated carbocycles. The van der Waals surface area contributed by atoms with Gasteiger partial charge >= 0.3 is 0 Å². The van der Waals surface area contributed by atoms with E-state index in [1.807, 2.05) is 6.92 Å². The lowest BCUT2D eigenvalue weighted by Gasteiger charge is -2.11. The Kier molecular flexibility index (Phi) is 4.39. The van der Waals surface area contributed by atoms with Gasteiger partial charge in [0.05, 0.1) is 15.6 Å². The van der Waals surface area contributed by atoms with Gasteiger partial charge in [-0.05, 0) is 36.2 Å². The summed E-state index contributed by atoms with van der Waals surface area (Å²) in [6, 6.07) is 8.50. The summed E-state index contributed by atoms with van der Waals surface area (Å²) in [5.41, 5.74) is 6.81. The maximum absolute atomic E-state index is 13.8. The van der Waals surface area contributed by atoms with Crippen molar-refractivity contribution < 1.29 is 12.8 Å². The normalized spacial score (nSPS) is 11.4. The van der Waals surface area contributed by atoms with Crippen molar-refractivity contribution >= 4 is 33.0 Å². The third-order valence-corrected chi connectivity index (χ3v) is 4.66. The molecule has 0 amide bonds. The molecule has 0 spiro atoms. The molecule has 0 radical (unpaired) electrons. The largest absolute Gasteiger partial charge is 0.398 e. The Balaban J connectivity index is 2.39. The molecule has 2 aromatic rings. The van der Waals surface area contributed by atoms with Gasteiger partial charge in [-0.15, -0.1) is 0 Å². The molecule has 0 bridgehead atoms. The highest BCUT2D eigenvalue weighted by Crippen LogP contribution is 2.26. The second-order valence-electron chi connectivity index (χ2n) is 4.42. The third kappa shape index (κ3) is 3.28. The Morgan fingerprint density at radius 2 is 2.00 bits per heavy atom. The van der Waals surface area contributed by atoms with E-state index in [0.717, 1.165) is 5.56 Å². The quantitative estimate of drug-likeness (QED) is 0.845. The molecular weight excluding hydrogens is 315 g/mol. The molecular formula is C14H14ClFN2O2S. The number of hydrogen-bond acceptors (Lipinski definition) is 3. The van der Waals surface area contributed by atoms with Gasteiger partial charge in [0.15, 0.2) is 5.82 Å². The number of nitrogen functional groups attached to an aromatic ring is 1. The summed E-state index contributed by atoms with van der Waals surface area (Å²) in [6.45, 7) is 1.92. The second-order valence-corrected chi connectivity index (χ2v) is 6.51. The standard InChI is InChI=1S/C14H14ClFN2O2S/c1-2-9-6-7-10(8-12(9)17)21(19,20)18-13-5-3-4-11(15)14(13)16/h3-8,18H,2,17H2,1H3. The molecule has 2 aromatic carbocycles. The van der Waals surface area contributed by atoms with Crippen molar-refractivity contribution in [2.24, 2.45) is 0 Å². The first-order chi connectivity index (χ1) is 9.85. The lowest BCUT2D eigenvalue weighted by atomic mass is 10.1. The molecule has 0 aliphatic rings. The summed E-state index contributed by atoms with van der Waals surface area (Å²) in [5.74, 6) is -0.819. The van der Waals surface area contributed by atoms with Crippen LogP contribution in [0.25, 0.3) is 0 Å². The number of sulfonamides is 1. The van der Waals surface area contributed by atoms with Gasteiger partial charge in [-0.25, -0.2) is 12.8 Å². The van der Waals surface area contributed by atoms with E-state index in [0.29, 0.717) is 12.1 Å². The smallest absolute Gasteiger partial charge is 0.262 e. The number of halogens is 2. The number of nitrogens with two attached hydrogens (primary N) is 1. The average Bonchev–Trinajstić information content (AvgIpc) is 2.43. The zero-order chi connectivity index (χ0) is 15.6. The van der Waals surface area contributed by atoms with Crippen molar-refractivity contribution in [1.29, 1.82) is 0 Å². The molecule has 0 aliphatic carbocycles. The Bertz CT molecular complexity index is 779. The van der Waals surface area contributed by atoms with Crippen LogP contribution < -0.4 is 10.5 Å². The summed E-state index contributed by atoms with van der Waals surface area (Å²) in [6.07, 6.45) is 0.697. The number of anilines is 2. The van der Waals surface area contributed by atoms with Crippen LogP contribution in [0.5, 0.6) is 0 Å². The van der Waals surface area contributed by atoms with Crippen molar-refractivity contribution in [3.05, 3.63) is 52.8 Å². The minimum Gasteiger partial charge on any atom is -0.398 e. The van der Waals surface area contributed by atoms with Crippen LogP contribution in [0.15, 0.2) is 41.3 Å². The second kappa shape index (κ2) is 5.91. The van der Waals surface area contributed by atoms with E-state index in [1.54, 1.807) is 6.07 Å². The minimum absolute atomic E-state index is 0.0309. The van der Waals surface area contributed by atoms with Crippen LogP contribution in [-0.4, -0.2) is 8.42 Å². The van der Waals surface area contributed by atoms with E-state index in [4.69, 9.17) is 17.3 Å². The minimum atomic E-state index is -3.93. The first-order valence-corrected chi connectivity index (χ1v) is 8.06. The Hall–Kier alpha value is -1.79. The maximum atomic E-state index is 13.8. The molecule has 0 unspecified atom stereocenters. The Morgan fingerprint density at radius 3 is 2.62 bits per heavy atom. The topological polar surface area (TPSA) is 72.2 Å². The van der Waals surface area contributed by atoms with Crippen LogP contribution in [0.1, 0.15) is 12.5 Å². The molecule has 0 atom stereocenters. The van der Waals surface area contributed by atoms with Crippen molar-refractivity contribution in [1.82, 2.24) is 0 Å². The van der Waals surface area contributed by atoms with E-state index >= 15 is 0 Å². The summed E-state index contributed by atoms with van der Waals surface area (Å²) in [4.78, 5) is -0.0309. The summed E-state index contributed by atoms with van der Waals surface area (Å²) in [5, 5.41) is -0.156. The first kappa shape index (κ1) is 15.6. The summed E-state index contributed by atoms with van der Waals surface area (Å²) in [7, 11) is -3.93. The first-order valence-electron chi connectivity index (χ1n) is 6.20. The highest BCUT2D eigenvalue weighted by atomic mass is 35.5. The zero-order valence-electron chi connectivity index (χ0n) is 11.2. The molecule has 0 fully saturated rings. The third-order valence-electron chi connectivity index (χ3n) is 3.00.